The summed E-state index contributed by atoms with van der Waals surface area (Å²) in [6.45, 7) is 8.23. The van der Waals surface area contributed by atoms with Crippen LogP contribution in [0.1, 0.15) is 34.1 Å². The monoisotopic (exact) mass is 157 g/mol. The van der Waals surface area contributed by atoms with Gasteiger partial charge in [0, 0.05) is 19.5 Å². The summed E-state index contributed by atoms with van der Waals surface area (Å²) in [7, 11) is 1.87. The number of hydrogen-bond acceptors (Lipinski definition) is 1. The lowest BCUT2D eigenvalue weighted by Gasteiger charge is -2.27. The van der Waals surface area contributed by atoms with Gasteiger partial charge < -0.3 is 4.90 Å². The smallest absolute Gasteiger partial charge is 0.222 e. The molecule has 2 heteroatoms. The second kappa shape index (κ2) is 4.37. The van der Waals surface area contributed by atoms with E-state index in [4.69, 9.17) is 0 Å². The van der Waals surface area contributed by atoms with E-state index < -0.39 is 0 Å². The summed E-state index contributed by atoms with van der Waals surface area (Å²) >= 11 is 0. The normalized spacial score (nSPS) is 13.3. The molecule has 0 aliphatic heterocycles. The van der Waals surface area contributed by atoms with Gasteiger partial charge in [0.15, 0.2) is 0 Å². The Kier molecular flexibility index (Phi) is 4.16. The van der Waals surface area contributed by atoms with Crippen molar-refractivity contribution >= 4 is 5.91 Å². The van der Waals surface area contributed by atoms with Crippen LogP contribution in [0.3, 0.4) is 0 Å². The van der Waals surface area contributed by atoms with Crippen molar-refractivity contribution in [2.24, 2.45) is 5.92 Å². The molecule has 0 heterocycles. The minimum Gasteiger partial charge on any atom is -0.343 e. The van der Waals surface area contributed by atoms with E-state index in [9.17, 15) is 4.79 Å². The third kappa shape index (κ3) is 2.91. The summed E-state index contributed by atoms with van der Waals surface area (Å²) in [5, 5.41) is 0. The molecular weight excluding hydrogens is 138 g/mol. The van der Waals surface area contributed by atoms with Crippen LogP contribution in [0.25, 0.3) is 0 Å². The lowest BCUT2D eigenvalue weighted by atomic mass is 10.1. The Morgan fingerprint density at radius 3 is 2.09 bits per heavy atom. The fraction of sp³-hybridized carbons (Fsp3) is 0.889. The van der Waals surface area contributed by atoms with Crippen LogP contribution in [-0.2, 0) is 4.79 Å². The van der Waals surface area contributed by atoms with Gasteiger partial charge in [-0.05, 0) is 12.8 Å². The third-order valence-corrected chi connectivity index (χ3v) is 2.27. The Morgan fingerprint density at radius 1 is 1.36 bits per heavy atom. The van der Waals surface area contributed by atoms with Gasteiger partial charge in [-0.1, -0.05) is 20.8 Å². The molecule has 1 atom stereocenters. The SMILES string of the molecule is CCC(=O)N(C)[C@@H](C)C(C)C. The summed E-state index contributed by atoms with van der Waals surface area (Å²) in [6.07, 6.45) is 0.605. The molecule has 2 nitrogen and oxygen atoms in total. The van der Waals surface area contributed by atoms with Crippen LogP contribution in [-0.4, -0.2) is 23.9 Å². The van der Waals surface area contributed by atoms with Gasteiger partial charge in [0.25, 0.3) is 0 Å². The van der Waals surface area contributed by atoms with Gasteiger partial charge in [-0.2, -0.15) is 0 Å². The van der Waals surface area contributed by atoms with Gasteiger partial charge in [-0.15, -0.1) is 0 Å². The Morgan fingerprint density at radius 2 is 1.82 bits per heavy atom. The van der Waals surface area contributed by atoms with Crippen molar-refractivity contribution in [1.29, 1.82) is 0 Å². The lowest BCUT2D eigenvalue weighted by Crippen LogP contribution is -2.37. The van der Waals surface area contributed by atoms with E-state index in [1.165, 1.54) is 0 Å². The summed E-state index contributed by atoms with van der Waals surface area (Å²) < 4.78 is 0. The minimum atomic E-state index is 0.228. The van der Waals surface area contributed by atoms with E-state index in [0.717, 1.165) is 0 Å². The number of hydrogen-bond donors (Lipinski definition) is 0. The molecule has 0 unspecified atom stereocenters. The molecule has 11 heavy (non-hydrogen) atoms. The van der Waals surface area contributed by atoms with Gasteiger partial charge >= 0.3 is 0 Å². The van der Waals surface area contributed by atoms with E-state index in [0.29, 0.717) is 18.4 Å². The van der Waals surface area contributed by atoms with Crippen molar-refractivity contribution < 1.29 is 4.79 Å². The molecule has 1 amide bonds. The molecule has 0 bridgehead atoms. The molecule has 0 rings (SSSR count). The molecule has 0 aliphatic rings. The van der Waals surface area contributed by atoms with Crippen LogP contribution in [0, 0.1) is 5.92 Å². The lowest BCUT2D eigenvalue weighted by molar-refractivity contribution is -0.132. The highest BCUT2D eigenvalue weighted by Gasteiger charge is 2.16. The van der Waals surface area contributed by atoms with Gasteiger partial charge in [0.1, 0.15) is 0 Å². The number of rotatable bonds is 3. The van der Waals surface area contributed by atoms with Crippen LogP contribution in [0.5, 0.6) is 0 Å². The molecule has 0 fully saturated rings. The van der Waals surface area contributed by atoms with Gasteiger partial charge in [-0.3, -0.25) is 4.79 Å². The molecule has 66 valence electrons. The molecule has 0 saturated carbocycles. The standard InChI is InChI=1S/C9H19NO/c1-6-9(11)10(5)8(4)7(2)3/h7-8H,6H2,1-5H3/t8-/m0/s1. The number of amides is 1. The maximum absolute atomic E-state index is 11.2. The average molecular weight is 157 g/mol. The Hall–Kier alpha value is -0.530. The van der Waals surface area contributed by atoms with Crippen LogP contribution < -0.4 is 0 Å². The van der Waals surface area contributed by atoms with Crippen LogP contribution in [0.2, 0.25) is 0 Å². The first kappa shape index (κ1) is 10.5. The second-order valence-corrected chi connectivity index (χ2v) is 3.34. The first-order valence-corrected chi connectivity index (χ1v) is 4.26. The van der Waals surface area contributed by atoms with Gasteiger partial charge in [0.05, 0.1) is 0 Å². The molecule has 0 N–H and O–H groups in total. The third-order valence-electron chi connectivity index (χ3n) is 2.27. The highest BCUT2D eigenvalue weighted by molar-refractivity contribution is 5.75. The molecule has 0 radical (unpaired) electrons. The van der Waals surface area contributed by atoms with Crippen molar-refractivity contribution in [3.05, 3.63) is 0 Å². The maximum Gasteiger partial charge on any atom is 0.222 e. The zero-order chi connectivity index (χ0) is 9.02. The highest BCUT2D eigenvalue weighted by atomic mass is 16.2. The predicted octanol–water partition coefficient (Wildman–Crippen LogP) is 1.90. The predicted molar refractivity (Wildman–Crippen MR) is 47.4 cm³/mol. The quantitative estimate of drug-likeness (QED) is 0.612. The van der Waals surface area contributed by atoms with Crippen molar-refractivity contribution in [3.63, 3.8) is 0 Å². The van der Waals surface area contributed by atoms with Crippen molar-refractivity contribution in [2.75, 3.05) is 7.05 Å². The largest absolute Gasteiger partial charge is 0.343 e. The van der Waals surface area contributed by atoms with E-state index >= 15 is 0 Å². The van der Waals surface area contributed by atoms with E-state index in [1.807, 2.05) is 18.9 Å². The number of carbonyl (C=O) groups excluding carboxylic acids is 1. The van der Waals surface area contributed by atoms with Crippen LogP contribution in [0.15, 0.2) is 0 Å². The Bertz CT molecular complexity index is 132. The molecule has 0 aromatic rings. The van der Waals surface area contributed by atoms with Crippen molar-refractivity contribution in [3.8, 4) is 0 Å². The topological polar surface area (TPSA) is 20.3 Å². The maximum atomic E-state index is 11.2. The van der Waals surface area contributed by atoms with E-state index in [1.54, 1.807) is 0 Å². The van der Waals surface area contributed by atoms with Crippen LogP contribution in [0.4, 0.5) is 0 Å². The molecule has 0 saturated heterocycles. The van der Waals surface area contributed by atoms with Crippen molar-refractivity contribution in [2.45, 2.75) is 40.2 Å². The minimum absolute atomic E-state index is 0.228. The summed E-state index contributed by atoms with van der Waals surface area (Å²) in [6, 6.07) is 0.349. The fourth-order valence-corrected chi connectivity index (χ4v) is 0.924. The zero-order valence-electron chi connectivity index (χ0n) is 8.22. The van der Waals surface area contributed by atoms with Gasteiger partial charge in [0.2, 0.25) is 5.91 Å². The van der Waals surface area contributed by atoms with E-state index in [2.05, 4.69) is 20.8 Å². The van der Waals surface area contributed by atoms with Crippen LogP contribution >= 0.6 is 0 Å². The molecule has 0 aliphatic carbocycles. The van der Waals surface area contributed by atoms with Crippen molar-refractivity contribution in [1.82, 2.24) is 4.90 Å². The summed E-state index contributed by atoms with van der Waals surface area (Å²) in [4.78, 5) is 13.0. The zero-order valence-corrected chi connectivity index (χ0v) is 8.22. The highest BCUT2D eigenvalue weighted by Crippen LogP contribution is 2.08. The van der Waals surface area contributed by atoms with Gasteiger partial charge in [-0.25, -0.2) is 0 Å². The Balaban J connectivity index is 4.01. The number of carbonyl (C=O) groups is 1. The fourth-order valence-electron chi connectivity index (χ4n) is 0.924. The summed E-state index contributed by atoms with van der Waals surface area (Å²) in [5.74, 6) is 0.765. The average Bonchev–Trinajstić information content (AvgIpc) is 2.00. The first-order valence-electron chi connectivity index (χ1n) is 4.26. The molecule has 0 spiro atoms. The summed E-state index contributed by atoms with van der Waals surface area (Å²) in [5.41, 5.74) is 0. The first-order chi connectivity index (χ1) is 5.00. The second-order valence-electron chi connectivity index (χ2n) is 3.34. The number of nitrogens with zero attached hydrogens (tertiary/aromatic N) is 1. The molecule has 0 aromatic heterocycles. The molecule has 0 aromatic carbocycles. The van der Waals surface area contributed by atoms with E-state index in [-0.39, 0.29) is 5.91 Å². The molecular formula is C9H19NO. The Labute approximate surface area is 69.6 Å².